The summed E-state index contributed by atoms with van der Waals surface area (Å²) in [5, 5.41) is 3.39. The summed E-state index contributed by atoms with van der Waals surface area (Å²) in [6.07, 6.45) is 5.05. The van der Waals surface area contributed by atoms with E-state index in [-0.39, 0.29) is 5.75 Å². The lowest BCUT2D eigenvalue weighted by Gasteiger charge is -2.09. The second-order valence-corrected chi connectivity index (χ2v) is 7.25. The molecule has 4 nitrogen and oxygen atoms in total. The van der Waals surface area contributed by atoms with Crippen LogP contribution in [0, 0.1) is 0 Å². The maximum absolute atomic E-state index is 12.0. The predicted octanol–water partition coefficient (Wildman–Crippen LogP) is 2.52. The Labute approximate surface area is 122 Å². The number of unbranched alkanes of at least 4 members (excludes halogenated alkanes) is 1. The molecular weight excluding hydrogens is 272 g/mol. The third-order valence-corrected chi connectivity index (χ3v) is 4.83. The minimum absolute atomic E-state index is 0.190. The number of anilines is 1. The number of sulfonamides is 1. The van der Waals surface area contributed by atoms with Gasteiger partial charge >= 0.3 is 0 Å². The molecule has 0 spiro atoms. The quantitative estimate of drug-likeness (QED) is 0.688. The first-order valence-corrected chi connectivity index (χ1v) is 9.07. The molecule has 2 rings (SSSR count). The third kappa shape index (κ3) is 5.51. The number of aryl methyl sites for hydroxylation is 1. The fraction of sp³-hybridized carbons (Fsp3) is 0.600. The highest BCUT2D eigenvalue weighted by Crippen LogP contribution is 2.18. The Kier molecular flexibility index (Phi) is 5.43. The van der Waals surface area contributed by atoms with Gasteiger partial charge in [-0.25, -0.2) is 8.42 Å². The molecule has 20 heavy (non-hydrogen) atoms. The molecule has 1 aromatic rings. The standard InChI is InChI=1S/C15H24N2O2S/c1-2-13-6-5-7-15(12-13)17-20(18,19)11-4-3-10-16-14-8-9-14/h5-7,12,14,16-17H,2-4,8-11H2,1H3. The van der Waals surface area contributed by atoms with Gasteiger partial charge < -0.3 is 5.32 Å². The first-order valence-electron chi connectivity index (χ1n) is 7.42. The summed E-state index contributed by atoms with van der Waals surface area (Å²) in [5.41, 5.74) is 1.80. The fourth-order valence-electron chi connectivity index (χ4n) is 2.10. The van der Waals surface area contributed by atoms with Crippen molar-refractivity contribution in [3.05, 3.63) is 29.8 Å². The van der Waals surface area contributed by atoms with Crippen LogP contribution in [0.3, 0.4) is 0 Å². The lowest BCUT2D eigenvalue weighted by molar-refractivity contribution is 0.591. The molecule has 0 bridgehead atoms. The van der Waals surface area contributed by atoms with Gasteiger partial charge in [0.15, 0.2) is 0 Å². The number of nitrogens with one attached hydrogen (secondary N) is 2. The van der Waals surface area contributed by atoms with Gasteiger partial charge in [-0.15, -0.1) is 0 Å². The average molecular weight is 296 g/mol. The summed E-state index contributed by atoms with van der Waals surface area (Å²) in [5.74, 6) is 0.190. The van der Waals surface area contributed by atoms with Crippen molar-refractivity contribution in [3.63, 3.8) is 0 Å². The number of rotatable bonds is 9. The molecule has 1 fully saturated rings. The zero-order valence-corrected chi connectivity index (χ0v) is 12.9. The van der Waals surface area contributed by atoms with Crippen molar-refractivity contribution >= 4 is 15.7 Å². The lowest BCUT2D eigenvalue weighted by atomic mass is 10.1. The molecule has 0 radical (unpaired) electrons. The van der Waals surface area contributed by atoms with Crippen molar-refractivity contribution in [1.29, 1.82) is 0 Å². The maximum Gasteiger partial charge on any atom is 0.232 e. The number of hydrogen-bond donors (Lipinski definition) is 2. The van der Waals surface area contributed by atoms with Crippen molar-refractivity contribution in [2.24, 2.45) is 0 Å². The molecular formula is C15H24N2O2S. The summed E-state index contributed by atoms with van der Waals surface area (Å²) in [7, 11) is -3.22. The minimum atomic E-state index is -3.22. The Balaban J connectivity index is 1.74. The number of benzene rings is 1. The normalized spacial score (nSPS) is 15.2. The highest BCUT2D eigenvalue weighted by molar-refractivity contribution is 7.92. The van der Waals surface area contributed by atoms with E-state index in [4.69, 9.17) is 0 Å². The second kappa shape index (κ2) is 7.09. The van der Waals surface area contributed by atoms with Gasteiger partial charge in [-0.05, 0) is 56.3 Å². The molecule has 2 N–H and O–H groups in total. The highest BCUT2D eigenvalue weighted by Gasteiger charge is 2.19. The molecule has 0 heterocycles. The van der Waals surface area contributed by atoms with E-state index in [1.807, 2.05) is 18.2 Å². The van der Waals surface area contributed by atoms with Gasteiger partial charge in [0.1, 0.15) is 0 Å². The Morgan fingerprint density at radius 2 is 2.05 bits per heavy atom. The molecule has 1 aliphatic carbocycles. The molecule has 112 valence electrons. The topological polar surface area (TPSA) is 58.2 Å². The van der Waals surface area contributed by atoms with E-state index < -0.39 is 10.0 Å². The van der Waals surface area contributed by atoms with Crippen LogP contribution in [-0.2, 0) is 16.4 Å². The minimum Gasteiger partial charge on any atom is -0.314 e. The average Bonchev–Trinajstić information content (AvgIpc) is 3.22. The fourth-order valence-corrected chi connectivity index (χ4v) is 3.27. The molecule has 0 aliphatic heterocycles. The third-order valence-electron chi connectivity index (χ3n) is 3.46. The van der Waals surface area contributed by atoms with Crippen LogP contribution in [0.1, 0.15) is 38.2 Å². The van der Waals surface area contributed by atoms with Crippen LogP contribution >= 0.6 is 0 Å². The molecule has 1 aromatic carbocycles. The summed E-state index contributed by atoms with van der Waals surface area (Å²) in [4.78, 5) is 0. The lowest BCUT2D eigenvalue weighted by Crippen LogP contribution is -2.20. The first-order chi connectivity index (χ1) is 9.59. The van der Waals surface area contributed by atoms with Crippen LogP contribution in [0.2, 0.25) is 0 Å². The number of hydrogen-bond acceptors (Lipinski definition) is 3. The monoisotopic (exact) mass is 296 g/mol. The Bertz CT molecular complexity index is 524. The molecule has 1 saturated carbocycles. The summed E-state index contributed by atoms with van der Waals surface area (Å²) >= 11 is 0. The SMILES string of the molecule is CCc1cccc(NS(=O)(=O)CCCCNC2CC2)c1. The van der Waals surface area contributed by atoms with Gasteiger partial charge in [0.25, 0.3) is 0 Å². The zero-order valence-electron chi connectivity index (χ0n) is 12.1. The van der Waals surface area contributed by atoms with Crippen molar-refractivity contribution in [3.8, 4) is 0 Å². The van der Waals surface area contributed by atoms with Gasteiger partial charge in [0.2, 0.25) is 10.0 Å². The summed E-state index contributed by atoms with van der Waals surface area (Å²) in [6, 6.07) is 8.27. The molecule has 0 aromatic heterocycles. The van der Waals surface area contributed by atoms with Gasteiger partial charge in [0.05, 0.1) is 5.75 Å². The largest absolute Gasteiger partial charge is 0.314 e. The van der Waals surface area contributed by atoms with E-state index in [1.165, 1.54) is 12.8 Å². The summed E-state index contributed by atoms with van der Waals surface area (Å²) in [6.45, 7) is 2.98. The van der Waals surface area contributed by atoms with Gasteiger partial charge in [-0.1, -0.05) is 19.1 Å². The van der Waals surface area contributed by atoms with Crippen molar-refractivity contribution in [2.75, 3.05) is 17.0 Å². The van der Waals surface area contributed by atoms with E-state index in [2.05, 4.69) is 17.0 Å². The van der Waals surface area contributed by atoms with E-state index in [0.717, 1.165) is 24.9 Å². The van der Waals surface area contributed by atoms with Gasteiger partial charge in [0, 0.05) is 11.7 Å². The second-order valence-electron chi connectivity index (χ2n) is 5.41. The highest BCUT2D eigenvalue weighted by atomic mass is 32.2. The molecule has 5 heteroatoms. The smallest absolute Gasteiger partial charge is 0.232 e. The molecule has 0 unspecified atom stereocenters. The van der Waals surface area contributed by atoms with Crippen LogP contribution in [0.4, 0.5) is 5.69 Å². The molecule has 0 atom stereocenters. The van der Waals surface area contributed by atoms with Crippen LogP contribution in [0.25, 0.3) is 0 Å². The van der Waals surface area contributed by atoms with E-state index >= 15 is 0 Å². The Morgan fingerprint density at radius 3 is 2.75 bits per heavy atom. The van der Waals surface area contributed by atoms with Crippen molar-refractivity contribution in [2.45, 2.75) is 45.1 Å². The van der Waals surface area contributed by atoms with E-state index in [0.29, 0.717) is 18.2 Å². The predicted molar refractivity (Wildman–Crippen MR) is 83.5 cm³/mol. The van der Waals surface area contributed by atoms with Gasteiger partial charge in [-0.2, -0.15) is 0 Å². The Hall–Kier alpha value is -1.07. The zero-order chi connectivity index (χ0) is 14.4. The van der Waals surface area contributed by atoms with E-state index in [1.54, 1.807) is 6.07 Å². The van der Waals surface area contributed by atoms with Crippen molar-refractivity contribution < 1.29 is 8.42 Å². The molecule has 0 saturated heterocycles. The van der Waals surface area contributed by atoms with E-state index in [9.17, 15) is 8.42 Å². The molecule has 1 aliphatic rings. The van der Waals surface area contributed by atoms with Crippen molar-refractivity contribution in [1.82, 2.24) is 5.32 Å². The van der Waals surface area contributed by atoms with Gasteiger partial charge in [-0.3, -0.25) is 4.72 Å². The Morgan fingerprint density at radius 1 is 1.25 bits per heavy atom. The summed E-state index contributed by atoms with van der Waals surface area (Å²) < 4.78 is 26.6. The van der Waals surface area contributed by atoms with Crippen LogP contribution < -0.4 is 10.0 Å². The van der Waals surface area contributed by atoms with Crippen LogP contribution in [-0.4, -0.2) is 26.8 Å². The van der Waals surface area contributed by atoms with Crippen LogP contribution in [0.5, 0.6) is 0 Å². The van der Waals surface area contributed by atoms with Crippen LogP contribution in [0.15, 0.2) is 24.3 Å². The first kappa shape index (κ1) is 15.3. The maximum atomic E-state index is 12.0. The molecule has 0 amide bonds.